The Morgan fingerprint density at radius 3 is 2.84 bits per heavy atom. The Morgan fingerprint density at radius 2 is 2.20 bits per heavy atom. The number of ether oxygens (including phenoxy) is 1. The number of alkyl halides is 3. The van der Waals surface area contributed by atoms with Crippen molar-refractivity contribution in [1.82, 2.24) is 10.3 Å². The van der Waals surface area contributed by atoms with Gasteiger partial charge in [0.15, 0.2) is 5.60 Å². The van der Waals surface area contributed by atoms with E-state index >= 15 is 0 Å². The largest absolute Gasteiger partial charge is 0.437 e. The van der Waals surface area contributed by atoms with E-state index in [0.717, 1.165) is 6.08 Å². The number of carbonyl (C=O) groups excluding carboxylic acids is 1. The number of halogens is 4. The molecule has 0 aliphatic heterocycles. The van der Waals surface area contributed by atoms with Crippen molar-refractivity contribution >= 4 is 17.7 Å². The zero-order chi connectivity index (χ0) is 18.5. The summed E-state index contributed by atoms with van der Waals surface area (Å²) in [6, 6.07) is 1.48. The van der Waals surface area contributed by atoms with Gasteiger partial charge in [0.2, 0.25) is 0 Å². The topological polar surface area (TPSA) is 51.2 Å². The van der Waals surface area contributed by atoms with Crippen LogP contribution in [0.15, 0.2) is 42.8 Å². The van der Waals surface area contributed by atoms with Gasteiger partial charge in [-0.15, -0.1) is 0 Å². The molecule has 1 N–H and O–H groups in total. The molecule has 1 amide bonds. The van der Waals surface area contributed by atoms with Gasteiger partial charge in [-0.25, -0.2) is 4.79 Å². The van der Waals surface area contributed by atoms with E-state index in [-0.39, 0.29) is 11.4 Å². The Morgan fingerprint density at radius 1 is 1.44 bits per heavy atom. The van der Waals surface area contributed by atoms with Crippen LogP contribution in [0.4, 0.5) is 18.0 Å². The van der Waals surface area contributed by atoms with E-state index in [1.165, 1.54) is 36.7 Å². The highest BCUT2D eigenvalue weighted by atomic mass is 35.5. The van der Waals surface area contributed by atoms with Crippen LogP contribution in [0.5, 0.6) is 0 Å². The summed E-state index contributed by atoms with van der Waals surface area (Å²) in [5.41, 5.74) is -1.57. The number of hydrogen-bond acceptors (Lipinski definition) is 3. The second kappa shape index (κ2) is 7.91. The van der Waals surface area contributed by atoms with Crippen LogP contribution in [-0.4, -0.2) is 29.4 Å². The maximum Gasteiger partial charge on any atom is 0.408 e. The highest BCUT2D eigenvalue weighted by molar-refractivity contribution is 6.31. The molecule has 0 radical (unpaired) electrons. The first kappa shape index (κ1) is 19.3. The molecule has 0 spiro atoms. The van der Waals surface area contributed by atoms with Gasteiger partial charge in [-0.3, -0.25) is 4.98 Å². The summed E-state index contributed by atoms with van der Waals surface area (Å²) in [5.74, 6) is -1.99. The van der Waals surface area contributed by atoms with Gasteiger partial charge < -0.3 is 10.1 Å². The summed E-state index contributed by atoms with van der Waals surface area (Å²) < 4.78 is 46.1. The van der Waals surface area contributed by atoms with Crippen molar-refractivity contribution in [3.8, 4) is 0 Å². The Hall–Kier alpha value is -2.02. The predicted octanol–water partition coefficient (Wildman–Crippen LogP) is 4.46. The number of alkyl carbamates (subject to hydrolysis) is 1. The first-order valence-corrected chi connectivity index (χ1v) is 8.14. The fourth-order valence-corrected chi connectivity index (χ4v) is 2.79. The molecule has 0 saturated carbocycles. The monoisotopic (exact) mass is 374 g/mol. The number of pyridine rings is 1. The van der Waals surface area contributed by atoms with Crippen LogP contribution < -0.4 is 5.32 Å². The molecule has 0 aromatic carbocycles. The maximum absolute atomic E-state index is 13.6. The minimum atomic E-state index is -4.60. The average Bonchev–Trinajstić information content (AvgIpc) is 2.54. The molecule has 1 aliphatic rings. The predicted molar refractivity (Wildman–Crippen MR) is 88.3 cm³/mol. The van der Waals surface area contributed by atoms with E-state index in [1.54, 1.807) is 0 Å². The lowest BCUT2D eigenvalue weighted by Gasteiger charge is -2.39. The standard InChI is InChI=1S/C17H18ClF3N2O2/c1-2-8-23-15(24)25-16(10-12-11-22-9-6-13(12)18)7-4-3-5-14(16)17(19,20)21/h3-7,9,11,14H,2,8,10H2,1H3,(H,23,24). The minimum absolute atomic E-state index is 0.246. The van der Waals surface area contributed by atoms with Gasteiger partial charge in [-0.1, -0.05) is 36.8 Å². The van der Waals surface area contributed by atoms with E-state index in [2.05, 4.69) is 10.3 Å². The van der Waals surface area contributed by atoms with Crippen LogP contribution in [0.3, 0.4) is 0 Å². The molecule has 25 heavy (non-hydrogen) atoms. The first-order chi connectivity index (χ1) is 11.8. The van der Waals surface area contributed by atoms with Gasteiger partial charge in [-0.2, -0.15) is 13.2 Å². The summed E-state index contributed by atoms with van der Waals surface area (Å²) in [7, 11) is 0. The molecule has 0 bridgehead atoms. The van der Waals surface area contributed by atoms with Gasteiger partial charge in [0.1, 0.15) is 5.92 Å². The zero-order valence-corrected chi connectivity index (χ0v) is 14.3. The molecular formula is C17H18ClF3N2O2. The van der Waals surface area contributed by atoms with Gasteiger partial charge in [-0.05, 0) is 24.1 Å². The van der Waals surface area contributed by atoms with Crippen LogP contribution in [0.1, 0.15) is 18.9 Å². The van der Waals surface area contributed by atoms with Crippen LogP contribution in [0.2, 0.25) is 5.02 Å². The Labute approximate surface area is 148 Å². The molecule has 2 rings (SSSR count). The highest BCUT2D eigenvalue weighted by Crippen LogP contribution is 2.43. The molecule has 2 atom stereocenters. The summed E-state index contributed by atoms with van der Waals surface area (Å²) in [6.07, 6.45) is 2.64. The quantitative estimate of drug-likeness (QED) is 0.828. The normalized spacial score (nSPS) is 22.7. The average molecular weight is 375 g/mol. The number of amides is 1. The van der Waals surface area contributed by atoms with Crippen LogP contribution in [0, 0.1) is 5.92 Å². The van der Waals surface area contributed by atoms with E-state index in [9.17, 15) is 18.0 Å². The fourth-order valence-electron chi connectivity index (χ4n) is 2.62. The van der Waals surface area contributed by atoms with Crippen LogP contribution >= 0.6 is 11.6 Å². The molecule has 0 fully saturated rings. The van der Waals surface area contributed by atoms with Crippen molar-refractivity contribution in [2.45, 2.75) is 31.5 Å². The summed E-state index contributed by atoms with van der Waals surface area (Å²) in [6.45, 7) is 2.13. The SMILES string of the molecule is CCCNC(=O)OC1(Cc2cnccc2Cl)C=CC=CC1C(F)(F)F. The third kappa shape index (κ3) is 4.75. The first-order valence-electron chi connectivity index (χ1n) is 7.76. The second-order valence-electron chi connectivity index (χ2n) is 5.68. The second-order valence-corrected chi connectivity index (χ2v) is 6.09. The number of allylic oxidation sites excluding steroid dienone is 2. The van der Waals surface area contributed by atoms with Crippen LogP contribution in [0.25, 0.3) is 0 Å². The Kier molecular flexibility index (Phi) is 6.11. The lowest BCUT2D eigenvalue weighted by atomic mass is 9.78. The minimum Gasteiger partial charge on any atom is -0.437 e. The molecule has 1 aromatic rings. The molecule has 136 valence electrons. The zero-order valence-electron chi connectivity index (χ0n) is 13.5. The van der Waals surface area contributed by atoms with Gasteiger partial charge in [0.25, 0.3) is 0 Å². The Balaban J connectivity index is 2.40. The van der Waals surface area contributed by atoms with Crippen molar-refractivity contribution in [3.05, 3.63) is 53.4 Å². The smallest absolute Gasteiger partial charge is 0.408 e. The van der Waals surface area contributed by atoms with Gasteiger partial charge in [0, 0.05) is 30.4 Å². The molecule has 1 aromatic heterocycles. The molecule has 2 unspecified atom stereocenters. The summed E-state index contributed by atoms with van der Waals surface area (Å²) in [4.78, 5) is 15.9. The Bertz CT molecular complexity index is 676. The summed E-state index contributed by atoms with van der Waals surface area (Å²) in [5, 5.41) is 2.70. The number of nitrogens with zero attached hydrogens (tertiary/aromatic N) is 1. The third-order valence-electron chi connectivity index (χ3n) is 3.78. The molecule has 4 nitrogen and oxygen atoms in total. The molecule has 1 heterocycles. The van der Waals surface area contributed by atoms with E-state index < -0.39 is 23.8 Å². The number of carbonyl (C=O) groups is 1. The van der Waals surface area contributed by atoms with Crippen molar-refractivity contribution in [2.24, 2.45) is 5.92 Å². The lowest BCUT2D eigenvalue weighted by molar-refractivity contribution is -0.200. The van der Waals surface area contributed by atoms with Crippen molar-refractivity contribution in [2.75, 3.05) is 6.54 Å². The molecule has 0 saturated heterocycles. The molecule has 8 heteroatoms. The van der Waals surface area contributed by atoms with E-state index in [0.29, 0.717) is 18.5 Å². The van der Waals surface area contributed by atoms with E-state index in [4.69, 9.17) is 16.3 Å². The van der Waals surface area contributed by atoms with Gasteiger partial charge in [0.05, 0.1) is 0 Å². The molecule has 1 aliphatic carbocycles. The van der Waals surface area contributed by atoms with Gasteiger partial charge >= 0.3 is 12.3 Å². The van der Waals surface area contributed by atoms with Crippen molar-refractivity contribution in [3.63, 3.8) is 0 Å². The summed E-state index contributed by atoms with van der Waals surface area (Å²) >= 11 is 6.07. The van der Waals surface area contributed by atoms with Crippen molar-refractivity contribution in [1.29, 1.82) is 0 Å². The third-order valence-corrected chi connectivity index (χ3v) is 4.15. The number of hydrogen-bond donors (Lipinski definition) is 1. The lowest BCUT2D eigenvalue weighted by Crippen LogP contribution is -2.51. The highest BCUT2D eigenvalue weighted by Gasteiger charge is 2.54. The number of rotatable bonds is 5. The number of aromatic nitrogens is 1. The van der Waals surface area contributed by atoms with Crippen LogP contribution in [-0.2, 0) is 11.2 Å². The maximum atomic E-state index is 13.6. The molecular weight excluding hydrogens is 357 g/mol. The van der Waals surface area contributed by atoms with Crippen molar-refractivity contribution < 1.29 is 22.7 Å². The number of nitrogens with one attached hydrogen (secondary N) is 1. The van der Waals surface area contributed by atoms with E-state index in [1.807, 2.05) is 6.92 Å². The fraction of sp³-hybridized carbons (Fsp3) is 0.412.